The fourth-order valence-electron chi connectivity index (χ4n) is 2.40. The van der Waals surface area contributed by atoms with Crippen LogP contribution in [-0.4, -0.2) is 9.97 Å². The number of aromatic nitrogens is 2. The molecule has 0 amide bonds. The zero-order valence-corrected chi connectivity index (χ0v) is 10.2. The molecule has 0 aliphatic rings. The number of aromatic amines is 1. The summed E-state index contributed by atoms with van der Waals surface area (Å²) >= 11 is 0. The van der Waals surface area contributed by atoms with E-state index in [1.807, 2.05) is 0 Å². The van der Waals surface area contributed by atoms with Crippen molar-refractivity contribution in [3.05, 3.63) is 63.2 Å². The Bertz CT molecular complexity index is 1090. The first kappa shape index (κ1) is 10.9. The van der Waals surface area contributed by atoms with Crippen LogP contribution in [0.3, 0.4) is 0 Å². The van der Waals surface area contributed by atoms with Crippen molar-refractivity contribution in [1.29, 1.82) is 0 Å². The second kappa shape index (κ2) is 3.77. The second-order valence-corrected chi connectivity index (χ2v) is 4.49. The van der Waals surface area contributed by atoms with E-state index in [1.165, 1.54) is 0 Å². The van der Waals surface area contributed by atoms with Crippen molar-refractivity contribution in [3.8, 4) is 0 Å². The molecule has 3 aromatic heterocycles. The fraction of sp³-hybridized carbons (Fsp3) is 0. The van der Waals surface area contributed by atoms with Crippen LogP contribution >= 0.6 is 0 Å². The SMILES string of the molecule is O=c1[nH]c2ncccc2c2oc3ccccc3c(=O)c12. The van der Waals surface area contributed by atoms with Gasteiger partial charge in [-0.05, 0) is 24.3 Å². The summed E-state index contributed by atoms with van der Waals surface area (Å²) < 4.78 is 5.76. The standard InChI is InChI=1S/C15H8N2O3/c18-12-8-4-1-2-6-10(8)20-13-9-5-3-7-16-14(9)17-15(19)11(12)13/h1-7H,(H,16,17,19). The van der Waals surface area contributed by atoms with Crippen LogP contribution in [-0.2, 0) is 0 Å². The Morgan fingerprint density at radius 2 is 1.80 bits per heavy atom. The summed E-state index contributed by atoms with van der Waals surface area (Å²) in [5.41, 5.74) is 0.337. The number of H-pyrrole nitrogens is 1. The lowest BCUT2D eigenvalue weighted by Crippen LogP contribution is -2.16. The van der Waals surface area contributed by atoms with Crippen molar-refractivity contribution in [2.24, 2.45) is 0 Å². The van der Waals surface area contributed by atoms with Crippen molar-refractivity contribution in [3.63, 3.8) is 0 Å². The first-order chi connectivity index (χ1) is 9.75. The van der Waals surface area contributed by atoms with E-state index in [1.54, 1.807) is 42.6 Å². The number of benzene rings is 1. The molecule has 5 heteroatoms. The van der Waals surface area contributed by atoms with Gasteiger partial charge in [0.15, 0.2) is 5.58 Å². The number of hydrogen-bond acceptors (Lipinski definition) is 4. The summed E-state index contributed by atoms with van der Waals surface area (Å²) in [6.45, 7) is 0. The lowest BCUT2D eigenvalue weighted by Gasteiger charge is -2.03. The van der Waals surface area contributed by atoms with Crippen LogP contribution < -0.4 is 11.0 Å². The summed E-state index contributed by atoms with van der Waals surface area (Å²) in [5.74, 6) is 0. The number of hydrogen-bond donors (Lipinski definition) is 1. The van der Waals surface area contributed by atoms with Crippen molar-refractivity contribution in [2.45, 2.75) is 0 Å². The predicted molar refractivity (Wildman–Crippen MR) is 75.9 cm³/mol. The third-order valence-corrected chi connectivity index (χ3v) is 3.31. The van der Waals surface area contributed by atoms with E-state index in [0.717, 1.165) is 0 Å². The molecule has 0 aliphatic carbocycles. The Labute approximate surface area is 111 Å². The van der Waals surface area contributed by atoms with E-state index in [9.17, 15) is 9.59 Å². The van der Waals surface area contributed by atoms with Crippen molar-refractivity contribution < 1.29 is 4.42 Å². The number of pyridine rings is 2. The van der Waals surface area contributed by atoms with E-state index in [-0.39, 0.29) is 16.4 Å². The van der Waals surface area contributed by atoms with Crippen molar-refractivity contribution >= 4 is 33.0 Å². The summed E-state index contributed by atoms with van der Waals surface area (Å²) in [6.07, 6.45) is 1.57. The first-order valence-electron chi connectivity index (χ1n) is 6.08. The molecule has 0 saturated carbocycles. The Hall–Kier alpha value is -2.95. The normalized spacial score (nSPS) is 11.4. The van der Waals surface area contributed by atoms with E-state index in [0.29, 0.717) is 22.0 Å². The molecule has 4 aromatic rings. The molecule has 0 saturated heterocycles. The van der Waals surface area contributed by atoms with Crippen LogP contribution in [0.25, 0.3) is 33.0 Å². The molecule has 0 atom stereocenters. The third kappa shape index (κ3) is 1.34. The molecule has 0 radical (unpaired) electrons. The quantitative estimate of drug-likeness (QED) is 0.390. The smallest absolute Gasteiger partial charge is 0.264 e. The summed E-state index contributed by atoms with van der Waals surface area (Å²) in [6, 6.07) is 10.4. The van der Waals surface area contributed by atoms with Gasteiger partial charge in [-0.15, -0.1) is 0 Å². The number of rotatable bonds is 0. The van der Waals surface area contributed by atoms with Crippen LogP contribution in [0, 0.1) is 0 Å². The largest absolute Gasteiger partial charge is 0.455 e. The number of para-hydroxylation sites is 1. The molecule has 20 heavy (non-hydrogen) atoms. The zero-order valence-electron chi connectivity index (χ0n) is 10.2. The van der Waals surface area contributed by atoms with Crippen LogP contribution in [0.15, 0.2) is 56.6 Å². The Morgan fingerprint density at radius 3 is 2.70 bits per heavy atom. The molecule has 96 valence electrons. The van der Waals surface area contributed by atoms with Crippen LogP contribution in [0.4, 0.5) is 0 Å². The van der Waals surface area contributed by atoms with E-state index in [4.69, 9.17) is 4.42 Å². The highest BCUT2D eigenvalue weighted by Gasteiger charge is 2.14. The molecule has 1 aromatic carbocycles. The van der Waals surface area contributed by atoms with Gasteiger partial charge < -0.3 is 9.40 Å². The van der Waals surface area contributed by atoms with Gasteiger partial charge in [-0.25, -0.2) is 4.98 Å². The van der Waals surface area contributed by atoms with Crippen molar-refractivity contribution in [2.75, 3.05) is 0 Å². The van der Waals surface area contributed by atoms with E-state index < -0.39 is 5.56 Å². The van der Waals surface area contributed by atoms with E-state index in [2.05, 4.69) is 9.97 Å². The minimum atomic E-state index is -0.481. The molecular weight excluding hydrogens is 256 g/mol. The summed E-state index contributed by atoms with van der Waals surface area (Å²) in [5, 5.41) is 1.04. The number of fused-ring (bicyclic) bond motifs is 4. The molecular formula is C15H8N2O3. The molecule has 0 unspecified atom stereocenters. The number of nitrogens with one attached hydrogen (secondary N) is 1. The molecule has 4 rings (SSSR count). The maximum absolute atomic E-state index is 12.5. The van der Waals surface area contributed by atoms with Gasteiger partial charge in [0.2, 0.25) is 5.43 Å². The fourth-order valence-corrected chi connectivity index (χ4v) is 2.40. The molecule has 1 N–H and O–H groups in total. The van der Waals surface area contributed by atoms with Gasteiger partial charge in [0, 0.05) is 6.20 Å². The highest BCUT2D eigenvalue weighted by atomic mass is 16.3. The minimum Gasteiger partial charge on any atom is -0.455 e. The average Bonchev–Trinajstić information content (AvgIpc) is 2.47. The zero-order chi connectivity index (χ0) is 13.7. The monoisotopic (exact) mass is 264 g/mol. The predicted octanol–water partition coefficient (Wildman–Crippen LogP) is 2.18. The Morgan fingerprint density at radius 1 is 1.00 bits per heavy atom. The van der Waals surface area contributed by atoms with E-state index >= 15 is 0 Å². The highest BCUT2D eigenvalue weighted by molar-refractivity contribution is 6.03. The van der Waals surface area contributed by atoms with Crippen molar-refractivity contribution in [1.82, 2.24) is 9.97 Å². The van der Waals surface area contributed by atoms with Crippen LogP contribution in [0.2, 0.25) is 0 Å². The average molecular weight is 264 g/mol. The highest BCUT2D eigenvalue weighted by Crippen LogP contribution is 2.21. The van der Waals surface area contributed by atoms with Gasteiger partial charge in [0.05, 0.1) is 10.8 Å². The first-order valence-corrected chi connectivity index (χ1v) is 6.08. The third-order valence-electron chi connectivity index (χ3n) is 3.31. The molecule has 0 aliphatic heterocycles. The van der Waals surface area contributed by atoms with Gasteiger partial charge in [-0.2, -0.15) is 0 Å². The molecule has 0 bridgehead atoms. The topological polar surface area (TPSA) is 76.0 Å². The Balaban J connectivity index is 2.43. The second-order valence-electron chi connectivity index (χ2n) is 4.49. The molecule has 3 heterocycles. The lowest BCUT2D eigenvalue weighted by molar-refractivity contribution is 0.663. The molecule has 5 nitrogen and oxygen atoms in total. The van der Waals surface area contributed by atoms with Crippen LogP contribution in [0.5, 0.6) is 0 Å². The van der Waals surface area contributed by atoms with Crippen LogP contribution in [0.1, 0.15) is 0 Å². The van der Waals surface area contributed by atoms with Gasteiger partial charge in [-0.3, -0.25) is 9.59 Å². The maximum Gasteiger partial charge on any atom is 0.264 e. The van der Waals surface area contributed by atoms with Gasteiger partial charge in [-0.1, -0.05) is 12.1 Å². The minimum absolute atomic E-state index is 0.0317. The molecule has 0 fully saturated rings. The van der Waals surface area contributed by atoms with Gasteiger partial charge in [0.1, 0.15) is 16.6 Å². The van der Waals surface area contributed by atoms with Gasteiger partial charge in [0.25, 0.3) is 5.56 Å². The number of nitrogens with zero attached hydrogens (tertiary/aromatic N) is 1. The Kier molecular flexibility index (Phi) is 2.06. The summed E-state index contributed by atoms with van der Waals surface area (Å²) in [4.78, 5) is 31.2. The summed E-state index contributed by atoms with van der Waals surface area (Å²) in [7, 11) is 0. The maximum atomic E-state index is 12.5. The molecule has 0 spiro atoms. The lowest BCUT2D eigenvalue weighted by atomic mass is 10.1. The van der Waals surface area contributed by atoms with Gasteiger partial charge >= 0.3 is 0 Å².